The molecule has 1 atom stereocenters. The summed E-state index contributed by atoms with van der Waals surface area (Å²) in [5, 5.41) is 2.92. The van der Waals surface area contributed by atoms with Crippen LogP contribution in [0.1, 0.15) is 33.1 Å². The molecule has 0 heterocycles. The van der Waals surface area contributed by atoms with Gasteiger partial charge in [-0.3, -0.25) is 0 Å². The van der Waals surface area contributed by atoms with Gasteiger partial charge in [-0.2, -0.15) is 0 Å². The fraction of sp³-hybridized carbons (Fsp3) is 0.500. The van der Waals surface area contributed by atoms with E-state index in [1.807, 2.05) is 6.92 Å². The molecule has 1 aromatic rings. The quantitative estimate of drug-likeness (QED) is 0.780. The minimum atomic E-state index is -0.524. The predicted octanol–water partition coefficient (Wildman–Crippen LogP) is 3.96. The minimum absolute atomic E-state index is 0.00204. The van der Waals surface area contributed by atoms with Crippen LogP contribution in [-0.2, 0) is 0 Å². The van der Waals surface area contributed by atoms with Crippen molar-refractivity contribution >= 4 is 5.69 Å². The maximum Gasteiger partial charge on any atom is 0.149 e. The van der Waals surface area contributed by atoms with E-state index < -0.39 is 11.6 Å². The van der Waals surface area contributed by atoms with E-state index in [-0.39, 0.29) is 11.7 Å². The van der Waals surface area contributed by atoms with Crippen LogP contribution in [0, 0.1) is 11.6 Å². The highest BCUT2D eigenvalue weighted by Gasteiger charge is 2.12. The van der Waals surface area contributed by atoms with Crippen molar-refractivity contribution in [1.29, 1.82) is 0 Å². The molecular formula is C12H17F2N. The van der Waals surface area contributed by atoms with Gasteiger partial charge in [-0.15, -0.1) is 0 Å². The Labute approximate surface area is 89.5 Å². The molecule has 0 aliphatic heterocycles. The lowest BCUT2D eigenvalue weighted by molar-refractivity contribution is 0.567. The molecule has 0 radical (unpaired) electrons. The molecule has 0 aromatic heterocycles. The van der Waals surface area contributed by atoms with Gasteiger partial charge in [-0.1, -0.05) is 26.3 Å². The zero-order valence-electron chi connectivity index (χ0n) is 9.19. The van der Waals surface area contributed by atoms with Crippen LogP contribution in [0.4, 0.5) is 14.5 Å². The summed E-state index contributed by atoms with van der Waals surface area (Å²) in [6, 6.07) is 4.05. The highest BCUT2D eigenvalue weighted by atomic mass is 19.1. The number of anilines is 1. The molecule has 3 heteroatoms. The Morgan fingerprint density at radius 1 is 1.20 bits per heavy atom. The van der Waals surface area contributed by atoms with Gasteiger partial charge in [0.15, 0.2) is 0 Å². The van der Waals surface area contributed by atoms with Crippen molar-refractivity contribution in [3.05, 3.63) is 29.8 Å². The molecule has 0 spiro atoms. The summed E-state index contributed by atoms with van der Waals surface area (Å²) in [4.78, 5) is 0. The third-order valence-electron chi connectivity index (χ3n) is 2.44. The van der Waals surface area contributed by atoms with Gasteiger partial charge in [-0.25, -0.2) is 8.78 Å². The molecule has 84 valence electrons. The van der Waals surface area contributed by atoms with Crippen molar-refractivity contribution in [3.63, 3.8) is 0 Å². The third kappa shape index (κ3) is 3.18. The van der Waals surface area contributed by atoms with Gasteiger partial charge in [0.05, 0.1) is 0 Å². The van der Waals surface area contributed by atoms with Crippen molar-refractivity contribution in [1.82, 2.24) is 0 Å². The molecule has 0 amide bonds. The molecule has 15 heavy (non-hydrogen) atoms. The average molecular weight is 213 g/mol. The Bertz CT molecular complexity index is 292. The lowest BCUT2D eigenvalue weighted by Gasteiger charge is -2.18. The van der Waals surface area contributed by atoms with Crippen LogP contribution < -0.4 is 5.32 Å². The molecule has 1 aromatic carbocycles. The molecule has 0 fully saturated rings. The Kier molecular flexibility index (Phi) is 4.53. The van der Waals surface area contributed by atoms with Crippen LogP contribution in [-0.4, -0.2) is 6.04 Å². The zero-order valence-corrected chi connectivity index (χ0v) is 9.19. The minimum Gasteiger partial charge on any atom is -0.378 e. The van der Waals surface area contributed by atoms with E-state index in [2.05, 4.69) is 12.2 Å². The summed E-state index contributed by atoms with van der Waals surface area (Å²) < 4.78 is 26.6. The standard InChI is InChI=1S/C12H17F2N/c1-3-6-9(4-2)15-12-10(13)7-5-8-11(12)14/h5,7-9,15H,3-4,6H2,1-2H3. The highest BCUT2D eigenvalue weighted by molar-refractivity contribution is 5.46. The Morgan fingerprint density at radius 3 is 2.27 bits per heavy atom. The SMILES string of the molecule is CCCC(CC)Nc1c(F)cccc1F. The van der Waals surface area contributed by atoms with Crippen LogP contribution in [0.15, 0.2) is 18.2 Å². The number of halogens is 2. The fourth-order valence-electron chi connectivity index (χ4n) is 1.57. The van der Waals surface area contributed by atoms with E-state index in [1.165, 1.54) is 18.2 Å². The molecule has 1 N–H and O–H groups in total. The van der Waals surface area contributed by atoms with Crippen molar-refractivity contribution in [2.45, 2.75) is 39.2 Å². The summed E-state index contributed by atoms with van der Waals surface area (Å²) in [5.41, 5.74) is -0.00204. The van der Waals surface area contributed by atoms with Crippen LogP contribution in [0.2, 0.25) is 0 Å². The second-order valence-corrected chi connectivity index (χ2v) is 3.63. The van der Waals surface area contributed by atoms with Crippen LogP contribution in [0.3, 0.4) is 0 Å². The van der Waals surface area contributed by atoms with E-state index in [4.69, 9.17) is 0 Å². The topological polar surface area (TPSA) is 12.0 Å². The van der Waals surface area contributed by atoms with Crippen molar-refractivity contribution in [2.75, 3.05) is 5.32 Å². The van der Waals surface area contributed by atoms with Gasteiger partial charge in [0, 0.05) is 6.04 Å². The van der Waals surface area contributed by atoms with Gasteiger partial charge in [0.2, 0.25) is 0 Å². The van der Waals surface area contributed by atoms with Gasteiger partial charge in [0.1, 0.15) is 17.3 Å². The van der Waals surface area contributed by atoms with Crippen molar-refractivity contribution < 1.29 is 8.78 Å². The maximum absolute atomic E-state index is 13.3. The highest BCUT2D eigenvalue weighted by Crippen LogP contribution is 2.20. The Hall–Kier alpha value is -1.12. The van der Waals surface area contributed by atoms with Gasteiger partial charge in [0.25, 0.3) is 0 Å². The molecule has 0 aliphatic carbocycles. The zero-order chi connectivity index (χ0) is 11.3. The van der Waals surface area contributed by atoms with E-state index in [0.29, 0.717) is 0 Å². The molecule has 1 rings (SSSR count). The maximum atomic E-state index is 13.3. The monoisotopic (exact) mass is 213 g/mol. The predicted molar refractivity (Wildman–Crippen MR) is 59.0 cm³/mol. The first-order valence-electron chi connectivity index (χ1n) is 5.39. The summed E-state index contributed by atoms with van der Waals surface area (Å²) in [5.74, 6) is -1.05. The van der Waals surface area contributed by atoms with Crippen molar-refractivity contribution in [2.24, 2.45) is 0 Å². The lowest BCUT2D eigenvalue weighted by Crippen LogP contribution is -2.19. The first-order valence-corrected chi connectivity index (χ1v) is 5.39. The van der Waals surface area contributed by atoms with Crippen LogP contribution >= 0.6 is 0 Å². The van der Waals surface area contributed by atoms with Gasteiger partial charge in [-0.05, 0) is 25.0 Å². The molecule has 0 saturated carbocycles. The number of rotatable bonds is 5. The van der Waals surface area contributed by atoms with Crippen molar-refractivity contribution in [3.8, 4) is 0 Å². The fourth-order valence-corrected chi connectivity index (χ4v) is 1.57. The van der Waals surface area contributed by atoms with E-state index in [0.717, 1.165) is 19.3 Å². The van der Waals surface area contributed by atoms with Gasteiger partial charge < -0.3 is 5.32 Å². The largest absolute Gasteiger partial charge is 0.378 e. The average Bonchev–Trinajstić information content (AvgIpc) is 2.22. The molecule has 1 unspecified atom stereocenters. The molecule has 0 aliphatic rings. The number of benzene rings is 1. The second-order valence-electron chi connectivity index (χ2n) is 3.63. The molecule has 1 nitrogen and oxygen atoms in total. The second kappa shape index (κ2) is 5.69. The first-order chi connectivity index (χ1) is 7.19. The molecular weight excluding hydrogens is 196 g/mol. The summed E-state index contributed by atoms with van der Waals surface area (Å²) >= 11 is 0. The van der Waals surface area contributed by atoms with Gasteiger partial charge >= 0.3 is 0 Å². The Morgan fingerprint density at radius 2 is 1.80 bits per heavy atom. The first kappa shape index (κ1) is 12.0. The van der Waals surface area contributed by atoms with E-state index >= 15 is 0 Å². The number of hydrogen-bond donors (Lipinski definition) is 1. The Balaban J connectivity index is 2.78. The van der Waals surface area contributed by atoms with Crippen LogP contribution in [0.25, 0.3) is 0 Å². The summed E-state index contributed by atoms with van der Waals surface area (Å²) in [7, 11) is 0. The van der Waals surface area contributed by atoms with Crippen LogP contribution in [0.5, 0.6) is 0 Å². The summed E-state index contributed by atoms with van der Waals surface area (Å²) in [6.45, 7) is 4.06. The third-order valence-corrected chi connectivity index (χ3v) is 2.44. The molecule has 0 bridgehead atoms. The lowest BCUT2D eigenvalue weighted by atomic mass is 10.1. The van der Waals surface area contributed by atoms with E-state index in [1.54, 1.807) is 0 Å². The number of hydrogen-bond acceptors (Lipinski definition) is 1. The number of nitrogens with one attached hydrogen (secondary N) is 1. The summed E-state index contributed by atoms with van der Waals surface area (Å²) in [6.07, 6.45) is 2.79. The van der Waals surface area contributed by atoms with E-state index in [9.17, 15) is 8.78 Å². The number of para-hydroxylation sites is 1. The normalized spacial score (nSPS) is 12.5. The molecule has 0 saturated heterocycles. The smallest absolute Gasteiger partial charge is 0.149 e.